The fourth-order valence-electron chi connectivity index (χ4n) is 9.37. The predicted molar refractivity (Wildman–Crippen MR) is 339 cm³/mol. The van der Waals surface area contributed by atoms with E-state index in [0.717, 1.165) is 103 Å². The van der Waals surface area contributed by atoms with Crippen LogP contribution in [-0.4, -0.2) is 37.2 Å². The maximum absolute atomic E-state index is 12.9. The van der Waals surface area contributed by atoms with Crippen molar-refractivity contribution < 1.29 is 28.6 Å². The Bertz CT molecular complexity index is 1530. The van der Waals surface area contributed by atoms with E-state index in [0.29, 0.717) is 19.3 Å². The Hall–Kier alpha value is -3.67. The minimum absolute atomic E-state index is 0.0986. The Morgan fingerprint density at radius 3 is 0.859 bits per heavy atom. The van der Waals surface area contributed by atoms with Crippen LogP contribution >= 0.6 is 0 Å². The Morgan fingerprint density at radius 2 is 0.513 bits per heavy atom. The summed E-state index contributed by atoms with van der Waals surface area (Å²) in [7, 11) is 0. The molecule has 1 atom stereocenters. The molecular weight excluding hydrogens is 961 g/mol. The number of carbonyl (C=O) groups is 3. The largest absolute Gasteiger partial charge is 0.462 e. The van der Waals surface area contributed by atoms with Gasteiger partial charge in [-0.15, -0.1) is 0 Å². The van der Waals surface area contributed by atoms with Crippen molar-refractivity contribution in [1.82, 2.24) is 0 Å². The molecule has 0 spiro atoms. The number of allylic oxidation sites excluding steroid dienone is 16. The van der Waals surface area contributed by atoms with Crippen LogP contribution in [0.2, 0.25) is 0 Å². The number of esters is 3. The van der Waals surface area contributed by atoms with Gasteiger partial charge in [0, 0.05) is 19.3 Å². The third-order valence-electron chi connectivity index (χ3n) is 14.3. The van der Waals surface area contributed by atoms with E-state index in [9.17, 15) is 14.4 Å². The lowest BCUT2D eigenvalue weighted by molar-refractivity contribution is -0.167. The van der Waals surface area contributed by atoms with Crippen LogP contribution in [0.3, 0.4) is 0 Å². The van der Waals surface area contributed by atoms with Crippen molar-refractivity contribution >= 4 is 17.9 Å². The fourth-order valence-corrected chi connectivity index (χ4v) is 9.37. The van der Waals surface area contributed by atoms with Crippen molar-refractivity contribution in [3.8, 4) is 0 Å². The first-order chi connectivity index (χ1) is 38.5. The molecule has 0 aliphatic heterocycles. The van der Waals surface area contributed by atoms with E-state index in [1.165, 1.54) is 173 Å². The minimum Gasteiger partial charge on any atom is -0.462 e. The summed E-state index contributed by atoms with van der Waals surface area (Å²) in [5.74, 6) is -0.960. The first-order valence-corrected chi connectivity index (χ1v) is 33.2. The van der Waals surface area contributed by atoms with Crippen LogP contribution in [0.5, 0.6) is 0 Å². The number of hydrogen-bond acceptors (Lipinski definition) is 6. The van der Waals surface area contributed by atoms with Gasteiger partial charge in [-0.2, -0.15) is 0 Å². The topological polar surface area (TPSA) is 78.9 Å². The Labute approximate surface area is 483 Å². The zero-order chi connectivity index (χ0) is 56.4. The molecule has 0 bridgehead atoms. The second kappa shape index (κ2) is 65.8. The summed E-state index contributed by atoms with van der Waals surface area (Å²) in [4.78, 5) is 38.4. The molecule has 448 valence electrons. The molecule has 0 aromatic rings. The van der Waals surface area contributed by atoms with Gasteiger partial charge in [0.25, 0.3) is 0 Å². The Kier molecular flexibility index (Phi) is 62.7. The molecule has 6 heteroatoms. The summed E-state index contributed by atoms with van der Waals surface area (Å²) in [6.07, 6.45) is 88.6. The lowest BCUT2D eigenvalue weighted by Gasteiger charge is -2.18. The van der Waals surface area contributed by atoms with Crippen molar-refractivity contribution in [2.75, 3.05) is 13.2 Å². The summed E-state index contributed by atoms with van der Waals surface area (Å²) in [6.45, 7) is 6.48. The monoisotopic (exact) mass is 1080 g/mol. The van der Waals surface area contributed by atoms with E-state index in [4.69, 9.17) is 14.2 Å². The molecule has 1 unspecified atom stereocenters. The molecular formula is C72H124O6. The number of rotatable bonds is 60. The van der Waals surface area contributed by atoms with Gasteiger partial charge < -0.3 is 14.2 Å². The maximum Gasteiger partial charge on any atom is 0.306 e. The van der Waals surface area contributed by atoms with Crippen molar-refractivity contribution in [3.63, 3.8) is 0 Å². The third-order valence-corrected chi connectivity index (χ3v) is 14.3. The van der Waals surface area contributed by atoms with E-state index in [-0.39, 0.29) is 37.5 Å². The average molecular weight is 1090 g/mol. The quantitative estimate of drug-likeness (QED) is 0.0261. The highest BCUT2D eigenvalue weighted by Crippen LogP contribution is 2.17. The molecule has 0 saturated heterocycles. The Balaban J connectivity index is 4.41. The van der Waals surface area contributed by atoms with Gasteiger partial charge in [-0.25, -0.2) is 0 Å². The predicted octanol–water partition coefficient (Wildman–Crippen LogP) is 22.8. The molecule has 0 radical (unpaired) electrons. The normalized spacial score (nSPS) is 12.7. The maximum atomic E-state index is 12.9. The van der Waals surface area contributed by atoms with Crippen molar-refractivity contribution in [3.05, 3.63) is 97.2 Å². The first-order valence-electron chi connectivity index (χ1n) is 33.2. The molecule has 0 amide bonds. The lowest BCUT2D eigenvalue weighted by Crippen LogP contribution is -2.30. The van der Waals surface area contributed by atoms with E-state index >= 15 is 0 Å². The van der Waals surface area contributed by atoms with E-state index in [2.05, 4.69) is 118 Å². The molecule has 0 fully saturated rings. The van der Waals surface area contributed by atoms with Crippen molar-refractivity contribution in [1.29, 1.82) is 0 Å². The molecule has 78 heavy (non-hydrogen) atoms. The van der Waals surface area contributed by atoms with Crippen LogP contribution in [0.1, 0.15) is 323 Å². The highest BCUT2D eigenvalue weighted by atomic mass is 16.6. The van der Waals surface area contributed by atoms with Crippen LogP contribution in [0.15, 0.2) is 97.2 Å². The van der Waals surface area contributed by atoms with Gasteiger partial charge in [-0.05, 0) is 96.3 Å². The molecule has 0 aromatic carbocycles. The van der Waals surface area contributed by atoms with Gasteiger partial charge in [0.1, 0.15) is 13.2 Å². The molecule has 6 nitrogen and oxygen atoms in total. The summed E-state index contributed by atoms with van der Waals surface area (Å²) in [5.41, 5.74) is 0. The molecule has 0 aliphatic rings. The molecule has 0 aliphatic carbocycles. The van der Waals surface area contributed by atoms with Gasteiger partial charge in [0.2, 0.25) is 0 Å². The van der Waals surface area contributed by atoms with Gasteiger partial charge >= 0.3 is 17.9 Å². The summed E-state index contributed by atoms with van der Waals surface area (Å²) >= 11 is 0. The molecule has 0 aromatic heterocycles. The number of carbonyl (C=O) groups excluding carboxylic acids is 3. The molecule has 0 heterocycles. The highest BCUT2D eigenvalue weighted by Gasteiger charge is 2.19. The van der Waals surface area contributed by atoms with Crippen molar-refractivity contribution in [2.24, 2.45) is 0 Å². The SMILES string of the molecule is CC/C=C\C/C=C\C/C=C\C/C=C\C/C=C\CCCC(=O)OCC(COC(=O)CCCCCCCCCCCCCCCCCCCCCCCCCC)OC(=O)CCCCCCCC/C=C\C/C=C\C/C=C\CCCCC. The Morgan fingerprint density at radius 1 is 0.269 bits per heavy atom. The molecule has 0 N–H and O–H groups in total. The second-order valence-electron chi connectivity index (χ2n) is 22.0. The summed E-state index contributed by atoms with van der Waals surface area (Å²) in [6, 6.07) is 0. The van der Waals surface area contributed by atoms with E-state index < -0.39 is 6.10 Å². The number of unbranched alkanes of at least 4 members (excludes halogenated alkanes) is 33. The lowest BCUT2D eigenvalue weighted by atomic mass is 10.0. The minimum atomic E-state index is -0.809. The van der Waals surface area contributed by atoms with Crippen LogP contribution in [0, 0.1) is 0 Å². The summed E-state index contributed by atoms with van der Waals surface area (Å²) in [5, 5.41) is 0. The second-order valence-corrected chi connectivity index (χ2v) is 22.0. The van der Waals surface area contributed by atoms with E-state index in [1.54, 1.807) is 0 Å². The van der Waals surface area contributed by atoms with Gasteiger partial charge in [0.15, 0.2) is 6.10 Å². The van der Waals surface area contributed by atoms with Crippen LogP contribution in [-0.2, 0) is 28.6 Å². The third kappa shape index (κ3) is 63.2. The van der Waals surface area contributed by atoms with Crippen LogP contribution in [0.25, 0.3) is 0 Å². The summed E-state index contributed by atoms with van der Waals surface area (Å²) < 4.78 is 16.9. The average Bonchev–Trinajstić information content (AvgIpc) is 3.44. The van der Waals surface area contributed by atoms with E-state index in [1.807, 2.05) is 0 Å². The highest BCUT2D eigenvalue weighted by molar-refractivity contribution is 5.71. The van der Waals surface area contributed by atoms with Gasteiger partial charge in [-0.3, -0.25) is 14.4 Å². The zero-order valence-electron chi connectivity index (χ0n) is 51.4. The van der Waals surface area contributed by atoms with Crippen molar-refractivity contribution in [2.45, 2.75) is 329 Å². The fraction of sp³-hybridized carbons (Fsp3) is 0.736. The first kappa shape index (κ1) is 74.3. The molecule has 0 rings (SSSR count). The smallest absolute Gasteiger partial charge is 0.306 e. The van der Waals surface area contributed by atoms with Crippen LogP contribution < -0.4 is 0 Å². The molecule has 0 saturated carbocycles. The van der Waals surface area contributed by atoms with Gasteiger partial charge in [-0.1, -0.05) is 304 Å². The zero-order valence-corrected chi connectivity index (χ0v) is 51.4. The number of hydrogen-bond donors (Lipinski definition) is 0. The van der Waals surface area contributed by atoms with Crippen LogP contribution in [0.4, 0.5) is 0 Å². The standard InChI is InChI=1S/C72H124O6/c1-4-7-10-13-16-19-22-25-28-31-33-34-35-36-37-39-41-44-47-50-53-56-59-62-65-71(74)77-68-69(67-76-70(73)64-61-58-55-52-49-46-43-40-30-27-24-21-18-15-12-9-6-3)78-72(75)66-63-60-57-54-51-48-45-42-38-32-29-26-23-20-17-14-11-8-5-2/h9,12,17-18,20-21,26-27,29-30,38,42-43,46,52,55,69H,4-8,10-11,13-16,19,22-25,28,31-37,39-41,44-45,47-51,53-54,56-68H2,1-3H3/b12-9-,20-17-,21-18-,29-26-,30-27-,42-38-,46-43-,55-52-. The number of ether oxygens (including phenoxy) is 3. The van der Waals surface area contributed by atoms with Gasteiger partial charge in [0.05, 0.1) is 0 Å².